The van der Waals surface area contributed by atoms with Crippen molar-refractivity contribution in [3.8, 4) is 0 Å². The molecule has 33 heavy (non-hydrogen) atoms. The van der Waals surface area contributed by atoms with Crippen molar-refractivity contribution in [3.63, 3.8) is 0 Å². The average Bonchev–Trinajstić information content (AvgIpc) is 3.06. The first-order valence-corrected chi connectivity index (χ1v) is 11.6. The lowest BCUT2D eigenvalue weighted by atomic mass is 10.1. The molecular weight excluding hydrogens is 416 g/mol. The number of hydrogen-bond donors (Lipinski definition) is 3. The Morgan fingerprint density at radius 3 is 2.12 bits per heavy atom. The Morgan fingerprint density at radius 2 is 1.45 bits per heavy atom. The van der Waals surface area contributed by atoms with E-state index in [-0.39, 0.29) is 29.8 Å². The van der Waals surface area contributed by atoms with Crippen molar-refractivity contribution in [1.82, 2.24) is 10.2 Å². The summed E-state index contributed by atoms with van der Waals surface area (Å²) < 4.78 is 0. The molecule has 3 rings (SSSR count). The highest BCUT2D eigenvalue weighted by Gasteiger charge is 2.18. The third-order valence-corrected chi connectivity index (χ3v) is 5.35. The smallest absolute Gasteiger partial charge is 0.253 e. The van der Waals surface area contributed by atoms with Gasteiger partial charge in [0.05, 0.1) is 6.54 Å². The lowest BCUT2D eigenvalue weighted by molar-refractivity contribution is -0.114. The van der Waals surface area contributed by atoms with Gasteiger partial charge in [-0.3, -0.25) is 14.4 Å². The van der Waals surface area contributed by atoms with Gasteiger partial charge < -0.3 is 20.9 Å². The van der Waals surface area contributed by atoms with Crippen molar-refractivity contribution in [3.05, 3.63) is 59.7 Å². The van der Waals surface area contributed by atoms with Crippen molar-refractivity contribution >= 4 is 29.1 Å². The summed E-state index contributed by atoms with van der Waals surface area (Å²) in [6.45, 7) is 7.38. The molecule has 176 valence electrons. The van der Waals surface area contributed by atoms with E-state index >= 15 is 0 Å². The highest BCUT2D eigenvalue weighted by atomic mass is 16.2. The van der Waals surface area contributed by atoms with Crippen LogP contribution in [-0.2, 0) is 4.79 Å². The summed E-state index contributed by atoms with van der Waals surface area (Å²) in [6.07, 6.45) is 4.40. The van der Waals surface area contributed by atoms with Gasteiger partial charge in [0.1, 0.15) is 0 Å². The second-order valence-electron chi connectivity index (χ2n) is 9.47. The molecule has 2 aromatic carbocycles. The molecule has 1 aliphatic rings. The van der Waals surface area contributed by atoms with Crippen LogP contribution in [0.2, 0.25) is 0 Å². The Hall–Kier alpha value is -3.35. The van der Waals surface area contributed by atoms with Gasteiger partial charge in [0.2, 0.25) is 5.91 Å². The maximum Gasteiger partial charge on any atom is 0.253 e. The molecule has 7 heteroatoms. The molecular formula is C26H34N4O3. The molecule has 0 bridgehead atoms. The van der Waals surface area contributed by atoms with Gasteiger partial charge in [-0.25, -0.2) is 0 Å². The fourth-order valence-corrected chi connectivity index (χ4v) is 3.76. The number of nitrogens with one attached hydrogen (secondary N) is 3. The number of carbonyl (C=O) groups is 3. The second-order valence-corrected chi connectivity index (χ2v) is 9.47. The average molecular weight is 451 g/mol. The first-order chi connectivity index (χ1) is 15.7. The summed E-state index contributed by atoms with van der Waals surface area (Å²) >= 11 is 0. The first-order valence-electron chi connectivity index (χ1n) is 11.6. The van der Waals surface area contributed by atoms with E-state index in [1.165, 1.54) is 0 Å². The third kappa shape index (κ3) is 7.63. The van der Waals surface area contributed by atoms with Crippen molar-refractivity contribution in [1.29, 1.82) is 0 Å². The maximum absolute atomic E-state index is 12.8. The zero-order chi connectivity index (χ0) is 23.8. The Bertz CT molecular complexity index is 989. The monoisotopic (exact) mass is 450 g/mol. The third-order valence-electron chi connectivity index (χ3n) is 5.35. The molecule has 0 spiro atoms. The van der Waals surface area contributed by atoms with Crippen LogP contribution >= 0.6 is 0 Å². The molecule has 7 nitrogen and oxygen atoms in total. The summed E-state index contributed by atoms with van der Waals surface area (Å²) in [5, 5.41) is 8.82. The van der Waals surface area contributed by atoms with E-state index < -0.39 is 0 Å². The lowest BCUT2D eigenvalue weighted by Gasteiger charge is -2.21. The molecule has 0 radical (unpaired) electrons. The van der Waals surface area contributed by atoms with E-state index in [4.69, 9.17) is 0 Å². The quantitative estimate of drug-likeness (QED) is 0.613. The van der Waals surface area contributed by atoms with Gasteiger partial charge in [-0.1, -0.05) is 25.0 Å². The predicted octanol–water partition coefficient (Wildman–Crippen LogP) is 4.28. The van der Waals surface area contributed by atoms with Crippen molar-refractivity contribution < 1.29 is 14.4 Å². The maximum atomic E-state index is 12.8. The fourth-order valence-electron chi connectivity index (χ4n) is 3.76. The van der Waals surface area contributed by atoms with Crippen LogP contribution in [0.25, 0.3) is 0 Å². The molecule has 0 saturated carbocycles. The van der Waals surface area contributed by atoms with Crippen LogP contribution in [0.4, 0.5) is 11.4 Å². The number of amides is 3. The summed E-state index contributed by atoms with van der Waals surface area (Å²) in [6, 6.07) is 14.1. The predicted molar refractivity (Wildman–Crippen MR) is 132 cm³/mol. The minimum Gasteiger partial charge on any atom is -0.376 e. The van der Waals surface area contributed by atoms with Gasteiger partial charge in [0.25, 0.3) is 11.8 Å². The van der Waals surface area contributed by atoms with Crippen molar-refractivity contribution in [2.75, 3.05) is 30.3 Å². The second kappa shape index (κ2) is 11.0. The van der Waals surface area contributed by atoms with Crippen molar-refractivity contribution in [2.45, 2.75) is 52.0 Å². The molecule has 1 fully saturated rings. The van der Waals surface area contributed by atoms with Gasteiger partial charge in [-0.05, 0) is 70.0 Å². The molecule has 0 aromatic heterocycles. The van der Waals surface area contributed by atoms with Gasteiger partial charge in [0, 0.05) is 41.1 Å². The van der Waals surface area contributed by atoms with Gasteiger partial charge >= 0.3 is 0 Å². The number of benzene rings is 2. The number of rotatable bonds is 6. The van der Waals surface area contributed by atoms with Crippen LogP contribution in [0.15, 0.2) is 48.5 Å². The Balaban J connectivity index is 1.56. The summed E-state index contributed by atoms with van der Waals surface area (Å²) in [4.78, 5) is 39.6. The molecule has 3 amide bonds. The molecule has 3 N–H and O–H groups in total. The SMILES string of the molecule is CC(C)(C)NC(=O)c1cccc(NCC(=O)Nc2cccc(C(=O)N3CCCCCC3)c2)c1. The van der Waals surface area contributed by atoms with E-state index in [0.29, 0.717) is 22.5 Å². The zero-order valence-corrected chi connectivity index (χ0v) is 19.7. The van der Waals surface area contributed by atoms with Crippen LogP contribution in [0.1, 0.15) is 67.2 Å². The van der Waals surface area contributed by atoms with Crippen LogP contribution in [0.5, 0.6) is 0 Å². The number of hydrogen-bond acceptors (Lipinski definition) is 4. The molecule has 0 aliphatic carbocycles. The van der Waals surface area contributed by atoms with Crippen LogP contribution in [0, 0.1) is 0 Å². The van der Waals surface area contributed by atoms with Crippen LogP contribution in [0.3, 0.4) is 0 Å². The number of carbonyl (C=O) groups excluding carboxylic acids is 3. The van der Waals surface area contributed by atoms with E-state index in [2.05, 4.69) is 16.0 Å². The first kappa shape index (κ1) is 24.3. The minimum atomic E-state index is -0.330. The molecule has 1 heterocycles. The fraction of sp³-hybridized carbons (Fsp3) is 0.423. The van der Waals surface area contributed by atoms with Crippen LogP contribution < -0.4 is 16.0 Å². The number of likely N-dealkylation sites (tertiary alicyclic amines) is 1. The summed E-state index contributed by atoms with van der Waals surface area (Å²) in [5.41, 5.74) is 2.04. The lowest BCUT2D eigenvalue weighted by Crippen LogP contribution is -2.40. The normalized spacial score (nSPS) is 14.2. The Kier molecular flexibility index (Phi) is 8.09. The molecule has 1 aliphatic heterocycles. The van der Waals surface area contributed by atoms with E-state index in [1.54, 1.807) is 42.5 Å². The standard InChI is InChI=1S/C26H34N4O3/c1-26(2,3)29-24(32)19-10-8-12-21(16-19)27-18-23(31)28-22-13-9-11-20(17-22)25(33)30-14-6-4-5-7-15-30/h8-13,16-17,27H,4-7,14-15,18H2,1-3H3,(H,28,31)(H,29,32). The van der Waals surface area contributed by atoms with E-state index in [1.807, 2.05) is 31.7 Å². The molecule has 0 unspecified atom stereocenters. The zero-order valence-electron chi connectivity index (χ0n) is 19.7. The highest BCUT2D eigenvalue weighted by Crippen LogP contribution is 2.17. The van der Waals surface area contributed by atoms with Gasteiger partial charge in [0.15, 0.2) is 0 Å². The molecule has 0 atom stereocenters. The molecule has 1 saturated heterocycles. The van der Waals surface area contributed by atoms with Gasteiger partial charge in [-0.15, -0.1) is 0 Å². The minimum absolute atomic E-state index is 0.0106. The summed E-state index contributed by atoms with van der Waals surface area (Å²) in [7, 11) is 0. The highest BCUT2D eigenvalue weighted by molar-refractivity contribution is 5.98. The number of nitrogens with zero attached hydrogens (tertiary/aromatic N) is 1. The Labute approximate surface area is 195 Å². The largest absolute Gasteiger partial charge is 0.376 e. The topological polar surface area (TPSA) is 90.5 Å². The number of anilines is 2. The van der Waals surface area contributed by atoms with Crippen LogP contribution in [-0.4, -0.2) is 47.8 Å². The van der Waals surface area contributed by atoms with Crippen molar-refractivity contribution in [2.24, 2.45) is 0 Å². The Morgan fingerprint density at radius 1 is 0.848 bits per heavy atom. The molecule has 2 aromatic rings. The van der Waals surface area contributed by atoms with E-state index in [0.717, 1.165) is 38.8 Å². The van der Waals surface area contributed by atoms with Gasteiger partial charge in [-0.2, -0.15) is 0 Å². The van der Waals surface area contributed by atoms with E-state index in [9.17, 15) is 14.4 Å². The summed E-state index contributed by atoms with van der Waals surface area (Å²) in [5.74, 6) is -0.392.